The minimum atomic E-state index is -1.14. The number of aliphatic carboxylic acids is 1. The normalized spacial score (nSPS) is 10.4. The second-order valence-electron chi connectivity index (χ2n) is 4.79. The second kappa shape index (κ2) is 5.75. The molecule has 0 saturated carbocycles. The van der Waals surface area contributed by atoms with Gasteiger partial charge in [0.2, 0.25) is 0 Å². The van der Waals surface area contributed by atoms with Crippen molar-refractivity contribution in [2.75, 3.05) is 5.73 Å². The summed E-state index contributed by atoms with van der Waals surface area (Å²) < 4.78 is 13.6. The van der Waals surface area contributed by atoms with Gasteiger partial charge in [-0.1, -0.05) is 29.8 Å². The molecule has 0 aliphatic carbocycles. The Morgan fingerprint density at radius 3 is 2.38 bits per heavy atom. The van der Waals surface area contributed by atoms with E-state index in [0.717, 1.165) is 17.7 Å². The number of hydrogen-bond donors (Lipinski definition) is 2. The van der Waals surface area contributed by atoms with Crippen LogP contribution in [0.4, 0.5) is 10.1 Å². The maximum Gasteiger partial charge on any atom is 0.307 e. The molecule has 2 aromatic rings. The van der Waals surface area contributed by atoms with Crippen molar-refractivity contribution in [1.29, 1.82) is 0 Å². The zero-order valence-corrected chi connectivity index (χ0v) is 11.4. The third-order valence-electron chi connectivity index (χ3n) is 3.13. The zero-order chi connectivity index (χ0) is 15.6. The zero-order valence-electron chi connectivity index (χ0n) is 11.4. The fraction of sp³-hybridized carbons (Fsp3) is 0.125. The van der Waals surface area contributed by atoms with Crippen molar-refractivity contribution >= 4 is 17.4 Å². The van der Waals surface area contributed by atoms with Crippen LogP contribution in [0.1, 0.15) is 27.0 Å². The molecule has 5 heteroatoms. The monoisotopic (exact) mass is 287 g/mol. The number of carboxylic acid groups (broad SMARTS) is 1. The van der Waals surface area contributed by atoms with Crippen LogP contribution in [0.15, 0.2) is 36.4 Å². The highest BCUT2D eigenvalue weighted by Crippen LogP contribution is 2.23. The Labute approximate surface area is 121 Å². The van der Waals surface area contributed by atoms with Crippen molar-refractivity contribution < 1.29 is 19.1 Å². The van der Waals surface area contributed by atoms with Crippen molar-refractivity contribution in [3.05, 3.63) is 64.5 Å². The number of hydrogen-bond acceptors (Lipinski definition) is 3. The van der Waals surface area contributed by atoms with E-state index in [9.17, 15) is 14.0 Å². The number of carbonyl (C=O) groups is 2. The molecule has 0 atom stereocenters. The van der Waals surface area contributed by atoms with E-state index in [4.69, 9.17) is 10.8 Å². The number of benzene rings is 2. The molecule has 2 aromatic carbocycles. The standard InChI is InChI=1S/C16H14FNO3/c1-9-2-4-10(5-3-9)16(21)13-8-12(17)6-11(15(13)18)7-14(19)20/h2-6,8H,7,18H2,1H3,(H,19,20). The van der Waals surface area contributed by atoms with Crippen LogP contribution in [-0.2, 0) is 11.2 Å². The van der Waals surface area contributed by atoms with E-state index < -0.39 is 24.0 Å². The lowest BCUT2D eigenvalue weighted by atomic mass is 9.97. The van der Waals surface area contributed by atoms with Gasteiger partial charge in [-0.2, -0.15) is 0 Å². The van der Waals surface area contributed by atoms with Gasteiger partial charge < -0.3 is 10.8 Å². The molecular formula is C16H14FNO3. The summed E-state index contributed by atoms with van der Waals surface area (Å²) in [7, 11) is 0. The molecule has 0 fully saturated rings. The molecule has 0 heterocycles. The molecule has 0 aromatic heterocycles. The van der Waals surface area contributed by atoms with Crippen LogP contribution < -0.4 is 5.73 Å². The average molecular weight is 287 g/mol. The quantitative estimate of drug-likeness (QED) is 0.669. The van der Waals surface area contributed by atoms with Crippen LogP contribution in [0.5, 0.6) is 0 Å². The Hall–Kier alpha value is -2.69. The number of ketones is 1. The molecule has 0 unspecified atom stereocenters. The van der Waals surface area contributed by atoms with Crippen LogP contribution in [0.2, 0.25) is 0 Å². The van der Waals surface area contributed by atoms with Gasteiger partial charge in [0.1, 0.15) is 5.82 Å². The lowest BCUT2D eigenvalue weighted by Gasteiger charge is -2.10. The number of nitrogen functional groups attached to an aromatic ring is 1. The number of halogens is 1. The van der Waals surface area contributed by atoms with Crippen molar-refractivity contribution in [2.24, 2.45) is 0 Å². The SMILES string of the molecule is Cc1ccc(C(=O)c2cc(F)cc(CC(=O)O)c2N)cc1. The largest absolute Gasteiger partial charge is 0.481 e. The minimum absolute atomic E-state index is 0.00405. The third kappa shape index (κ3) is 3.25. The van der Waals surface area contributed by atoms with E-state index in [1.807, 2.05) is 6.92 Å². The molecule has 0 saturated heterocycles. The van der Waals surface area contributed by atoms with Crippen LogP contribution >= 0.6 is 0 Å². The van der Waals surface area contributed by atoms with Gasteiger partial charge in [0, 0.05) is 16.8 Å². The minimum Gasteiger partial charge on any atom is -0.481 e. The number of carboxylic acids is 1. The molecule has 0 amide bonds. The number of nitrogens with two attached hydrogens (primary N) is 1. The summed E-state index contributed by atoms with van der Waals surface area (Å²) in [5.41, 5.74) is 7.26. The predicted octanol–water partition coefficient (Wildman–Crippen LogP) is 2.57. The van der Waals surface area contributed by atoms with Crippen LogP contribution in [0.3, 0.4) is 0 Å². The van der Waals surface area contributed by atoms with E-state index in [-0.39, 0.29) is 16.8 Å². The molecule has 3 N–H and O–H groups in total. The first-order valence-electron chi connectivity index (χ1n) is 6.29. The molecule has 2 rings (SSSR count). The van der Waals surface area contributed by atoms with E-state index >= 15 is 0 Å². The van der Waals surface area contributed by atoms with Crippen LogP contribution in [0, 0.1) is 12.7 Å². The smallest absolute Gasteiger partial charge is 0.307 e. The number of aryl methyl sites for hydroxylation is 1. The molecule has 21 heavy (non-hydrogen) atoms. The molecule has 0 aliphatic heterocycles. The van der Waals surface area contributed by atoms with Crippen LogP contribution in [-0.4, -0.2) is 16.9 Å². The first-order valence-corrected chi connectivity index (χ1v) is 6.29. The first-order chi connectivity index (χ1) is 9.88. The summed E-state index contributed by atoms with van der Waals surface area (Å²) in [5.74, 6) is -2.25. The highest BCUT2D eigenvalue weighted by atomic mass is 19.1. The molecule has 0 aliphatic rings. The van der Waals surface area contributed by atoms with E-state index in [1.54, 1.807) is 24.3 Å². The van der Waals surface area contributed by atoms with Crippen molar-refractivity contribution in [3.63, 3.8) is 0 Å². The molecule has 0 spiro atoms. The maximum absolute atomic E-state index is 13.6. The van der Waals surface area contributed by atoms with Gasteiger partial charge in [0.25, 0.3) is 0 Å². The van der Waals surface area contributed by atoms with Gasteiger partial charge in [-0.25, -0.2) is 4.39 Å². The van der Waals surface area contributed by atoms with E-state index in [1.165, 1.54) is 0 Å². The number of rotatable bonds is 4. The number of carbonyl (C=O) groups excluding carboxylic acids is 1. The van der Waals surface area contributed by atoms with E-state index in [0.29, 0.717) is 5.56 Å². The average Bonchev–Trinajstić information content (AvgIpc) is 2.42. The summed E-state index contributed by atoms with van der Waals surface area (Å²) in [4.78, 5) is 23.1. The summed E-state index contributed by atoms with van der Waals surface area (Å²) in [6, 6.07) is 8.85. The Morgan fingerprint density at radius 1 is 1.19 bits per heavy atom. The summed E-state index contributed by atoms with van der Waals surface area (Å²) in [6.07, 6.45) is -0.433. The summed E-state index contributed by atoms with van der Waals surface area (Å²) in [5, 5.41) is 8.80. The topological polar surface area (TPSA) is 80.4 Å². The fourth-order valence-electron chi connectivity index (χ4n) is 2.03. The second-order valence-corrected chi connectivity index (χ2v) is 4.79. The van der Waals surface area contributed by atoms with Gasteiger partial charge in [-0.3, -0.25) is 9.59 Å². The lowest BCUT2D eigenvalue weighted by molar-refractivity contribution is -0.136. The van der Waals surface area contributed by atoms with Crippen molar-refractivity contribution in [2.45, 2.75) is 13.3 Å². The highest BCUT2D eigenvalue weighted by molar-refractivity contribution is 6.12. The molecular weight excluding hydrogens is 273 g/mol. The maximum atomic E-state index is 13.6. The first kappa shape index (κ1) is 14.7. The van der Waals surface area contributed by atoms with Gasteiger partial charge >= 0.3 is 5.97 Å². The summed E-state index contributed by atoms with van der Waals surface area (Å²) in [6.45, 7) is 1.88. The molecule has 0 radical (unpaired) electrons. The van der Waals surface area contributed by atoms with Crippen molar-refractivity contribution in [1.82, 2.24) is 0 Å². The van der Waals surface area contributed by atoms with Gasteiger partial charge in [-0.05, 0) is 24.6 Å². The Kier molecular flexibility index (Phi) is 4.03. The van der Waals surface area contributed by atoms with Crippen LogP contribution in [0.25, 0.3) is 0 Å². The summed E-state index contributed by atoms with van der Waals surface area (Å²) >= 11 is 0. The Balaban J connectivity index is 2.47. The third-order valence-corrected chi connectivity index (χ3v) is 3.13. The Morgan fingerprint density at radius 2 is 1.81 bits per heavy atom. The Bertz CT molecular complexity index is 708. The van der Waals surface area contributed by atoms with Crippen molar-refractivity contribution in [3.8, 4) is 0 Å². The molecule has 108 valence electrons. The lowest BCUT2D eigenvalue weighted by Crippen LogP contribution is -2.11. The molecule has 4 nitrogen and oxygen atoms in total. The predicted molar refractivity (Wildman–Crippen MR) is 76.8 cm³/mol. The van der Waals surface area contributed by atoms with Gasteiger partial charge in [0.15, 0.2) is 5.78 Å². The molecule has 0 bridgehead atoms. The number of anilines is 1. The van der Waals surface area contributed by atoms with Gasteiger partial charge in [0.05, 0.1) is 6.42 Å². The van der Waals surface area contributed by atoms with E-state index in [2.05, 4.69) is 0 Å². The van der Waals surface area contributed by atoms with Gasteiger partial charge in [-0.15, -0.1) is 0 Å². The highest BCUT2D eigenvalue weighted by Gasteiger charge is 2.18. The fourth-order valence-corrected chi connectivity index (χ4v) is 2.03.